The topological polar surface area (TPSA) is 73.9 Å². The standard InChI is InChI=1S/C18H19N3O2S/c22-15(11-17-19-18(24)21-20-17)10-13-6-8-16(9-7-13)23-12-14-4-2-1-3-5-14/h1-9,15,22H,10-12H2,(H2,19,20,21,24). The molecule has 124 valence electrons. The van der Waals surface area contributed by atoms with Gasteiger partial charge < -0.3 is 9.84 Å². The maximum Gasteiger partial charge on any atom is 0.213 e. The Balaban J connectivity index is 1.51. The van der Waals surface area contributed by atoms with Gasteiger partial charge in [-0.2, -0.15) is 0 Å². The first-order valence-corrected chi connectivity index (χ1v) is 8.17. The van der Waals surface area contributed by atoms with Crippen LogP contribution in [0.1, 0.15) is 17.0 Å². The summed E-state index contributed by atoms with van der Waals surface area (Å²) in [6.07, 6.45) is 0.460. The summed E-state index contributed by atoms with van der Waals surface area (Å²) in [5.74, 6) is 1.48. The number of nitrogens with one attached hydrogen (secondary N) is 2. The fraction of sp³-hybridized carbons (Fsp3) is 0.222. The minimum atomic E-state index is -0.518. The molecular weight excluding hydrogens is 322 g/mol. The van der Waals surface area contributed by atoms with Gasteiger partial charge in [0.25, 0.3) is 0 Å². The lowest BCUT2D eigenvalue weighted by molar-refractivity contribution is 0.173. The third-order valence-corrected chi connectivity index (χ3v) is 3.82. The number of rotatable bonds is 7. The van der Waals surface area contributed by atoms with Crippen LogP contribution < -0.4 is 4.74 Å². The second kappa shape index (κ2) is 7.90. The summed E-state index contributed by atoms with van der Waals surface area (Å²) < 4.78 is 6.16. The average Bonchev–Trinajstić information content (AvgIpc) is 3.00. The molecule has 3 aromatic rings. The van der Waals surface area contributed by atoms with Crippen LogP contribution in [0.2, 0.25) is 0 Å². The largest absolute Gasteiger partial charge is 0.489 e. The van der Waals surface area contributed by atoms with Crippen molar-refractivity contribution in [2.45, 2.75) is 25.6 Å². The number of aromatic nitrogens is 3. The molecule has 1 heterocycles. The molecule has 0 bridgehead atoms. The molecule has 5 nitrogen and oxygen atoms in total. The highest BCUT2D eigenvalue weighted by atomic mass is 32.1. The zero-order valence-corrected chi connectivity index (χ0v) is 13.9. The Morgan fingerprint density at radius 3 is 2.38 bits per heavy atom. The zero-order chi connectivity index (χ0) is 16.8. The number of hydrogen-bond donors (Lipinski definition) is 3. The number of benzene rings is 2. The molecule has 6 heteroatoms. The van der Waals surface area contributed by atoms with Gasteiger partial charge in [-0.3, -0.25) is 10.2 Å². The first-order valence-electron chi connectivity index (χ1n) is 7.76. The van der Waals surface area contributed by atoms with Crippen molar-refractivity contribution in [1.82, 2.24) is 15.2 Å². The molecule has 0 aliphatic carbocycles. The number of aromatic amines is 2. The van der Waals surface area contributed by atoms with Crippen LogP contribution in [0.5, 0.6) is 5.75 Å². The SMILES string of the molecule is OC(Cc1ccc(OCc2ccccc2)cc1)Cc1nc(=S)[nH][nH]1. The number of aliphatic hydroxyl groups excluding tert-OH is 1. The molecule has 0 fully saturated rings. The van der Waals surface area contributed by atoms with Crippen LogP contribution in [-0.2, 0) is 19.4 Å². The molecule has 1 unspecified atom stereocenters. The maximum absolute atomic E-state index is 10.1. The zero-order valence-electron chi connectivity index (χ0n) is 13.1. The molecule has 3 rings (SSSR count). The Morgan fingerprint density at radius 2 is 1.71 bits per heavy atom. The third kappa shape index (κ3) is 4.78. The van der Waals surface area contributed by atoms with Crippen LogP contribution in [0.3, 0.4) is 0 Å². The smallest absolute Gasteiger partial charge is 0.213 e. The fourth-order valence-corrected chi connectivity index (χ4v) is 2.59. The second-order valence-corrected chi connectivity index (χ2v) is 5.98. The van der Waals surface area contributed by atoms with E-state index >= 15 is 0 Å². The number of nitrogens with zero attached hydrogens (tertiary/aromatic N) is 1. The third-order valence-electron chi connectivity index (χ3n) is 3.62. The van der Waals surface area contributed by atoms with E-state index in [0.29, 0.717) is 30.0 Å². The van der Waals surface area contributed by atoms with Gasteiger partial charge in [0, 0.05) is 6.42 Å². The molecule has 1 atom stereocenters. The predicted molar refractivity (Wildman–Crippen MR) is 94.4 cm³/mol. The molecule has 2 aromatic carbocycles. The molecule has 1 aromatic heterocycles. The summed E-state index contributed by atoms with van der Waals surface area (Å²) in [6, 6.07) is 17.8. The summed E-state index contributed by atoms with van der Waals surface area (Å²) in [5.41, 5.74) is 2.18. The lowest BCUT2D eigenvalue weighted by atomic mass is 10.1. The van der Waals surface area contributed by atoms with Gasteiger partial charge in [0.15, 0.2) is 0 Å². The highest BCUT2D eigenvalue weighted by Gasteiger charge is 2.09. The van der Waals surface area contributed by atoms with Crippen LogP contribution in [-0.4, -0.2) is 26.4 Å². The maximum atomic E-state index is 10.1. The van der Waals surface area contributed by atoms with Gasteiger partial charge in [0.05, 0.1) is 6.10 Å². The molecule has 0 amide bonds. The molecule has 3 N–H and O–H groups in total. The highest BCUT2D eigenvalue weighted by molar-refractivity contribution is 7.71. The van der Waals surface area contributed by atoms with E-state index in [0.717, 1.165) is 16.9 Å². The van der Waals surface area contributed by atoms with Crippen molar-refractivity contribution in [3.63, 3.8) is 0 Å². The summed E-state index contributed by atoms with van der Waals surface area (Å²) in [4.78, 5) is 4.08. The van der Waals surface area contributed by atoms with E-state index in [-0.39, 0.29) is 0 Å². The minimum absolute atomic E-state index is 0.400. The van der Waals surface area contributed by atoms with E-state index in [1.54, 1.807) is 0 Å². The molecule has 0 spiro atoms. The van der Waals surface area contributed by atoms with Gasteiger partial charge in [-0.05, 0) is 41.9 Å². The van der Waals surface area contributed by atoms with Gasteiger partial charge in [-0.15, -0.1) is 0 Å². The van der Waals surface area contributed by atoms with Crippen LogP contribution in [0.25, 0.3) is 0 Å². The Hall–Kier alpha value is -2.44. The Labute approximate surface area is 145 Å². The van der Waals surface area contributed by atoms with Gasteiger partial charge in [0.1, 0.15) is 18.2 Å². The van der Waals surface area contributed by atoms with Crippen molar-refractivity contribution in [3.05, 3.63) is 76.3 Å². The van der Waals surface area contributed by atoms with Crippen molar-refractivity contribution in [3.8, 4) is 5.75 Å². The Kier molecular flexibility index (Phi) is 5.40. The number of aliphatic hydroxyl groups is 1. The van der Waals surface area contributed by atoms with E-state index in [1.165, 1.54) is 0 Å². The highest BCUT2D eigenvalue weighted by Crippen LogP contribution is 2.16. The molecular formula is C18H19N3O2S. The Bertz CT molecular complexity index is 812. The van der Waals surface area contributed by atoms with Crippen LogP contribution in [0, 0.1) is 4.77 Å². The molecule has 0 radical (unpaired) electrons. The second-order valence-electron chi connectivity index (χ2n) is 5.59. The van der Waals surface area contributed by atoms with Crippen molar-refractivity contribution >= 4 is 12.2 Å². The first-order chi connectivity index (χ1) is 11.7. The van der Waals surface area contributed by atoms with E-state index in [2.05, 4.69) is 15.2 Å². The van der Waals surface area contributed by atoms with Gasteiger partial charge >= 0.3 is 0 Å². The van der Waals surface area contributed by atoms with Crippen molar-refractivity contribution < 1.29 is 9.84 Å². The molecule has 24 heavy (non-hydrogen) atoms. The molecule has 0 saturated heterocycles. The van der Waals surface area contributed by atoms with Crippen molar-refractivity contribution in [2.75, 3.05) is 0 Å². The van der Waals surface area contributed by atoms with Crippen molar-refractivity contribution in [1.29, 1.82) is 0 Å². The quantitative estimate of drug-likeness (QED) is 0.577. The van der Waals surface area contributed by atoms with E-state index in [4.69, 9.17) is 17.0 Å². The minimum Gasteiger partial charge on any atom is -0.489 e. The van der Waals surface area contributed by atoms with E-state index in [1.807, 2.05) is 54.6 Å². The van der Waals surface area contributed by atoms with Crippen LogP contribution in [0.4, 0.5) is 0 Å². The summed E-state index contributed by atoms with van der Waals surface area (Å²) in [5, 5.41) is 15.7. The van der Waals surface area contributed by atoms with Crippen molar-refractivity contribution in [2.24, 2.45) is 0 Å². The summed E-state index contributed by atoms with van der Waals surface area (Å²) in [7, 11) is 0. The normalized spacial score (nSPS) is 12.0. The van der Waals surface area contributed by atoms with E-state index < -0.39 is 6.10 Å². The lowest BCUT2D eigenvalue weighted by Crippen LogP contribution is -2.14. The van der Waals surface area contributed by atoms with Crippen LogP contribution in [0.15, 0.2) is 54.6 Å². The number of H-pyrrole nitrogens is 2. The lowest BCUT2D eigenvalue weighted by Gasteiger charge is -2.10. The predicted octanol–water partition coefficient (Wildman–Crippen LogP) is 3.19. The van der Waals surface area contributed by atoms with Gasteiger partial charge in [-0.25, -0.2) is 4.98 Å². The number of ether oxygens (including phenoxy) is 1. The first kappa shape index (κ1) is 16.4. The van der Waals surface area contributed by atoms with E-state index in [9.17, 15) is 5.11 Å². The average molecular weight is 341 g/mol. The summed E-state index contributed by atoms with van der Waals surface area (Å²) in [6.45, 7) is 0.543. The molecule has 0 saturated carbocycles. The van der Waals surface area contributed by atoms with Gasteiger partial charge in [-0.1, -0.05) is 42.5 Å². The Morgan fingerprint density at radius 1 is 0.958 bits per heavy atom. The summed E-state index contributed by atoms with van der Waals surface area (Å²) >= 11 is 4.90. The van der Waals surface area contributed by atoms with Crippen LogP contribution >= 0.6 is 12.2 Å². The molecule has 0 aliphatic heterocycles. The fourth-order valence-electron chi connectivity index (χ4n) is 2.43. The van der Waals surface area contributed by atoms with Gasteiger partial charge in [0.2, 0.25) is 4.77 Å². The monoisotopic (exact) mass is 341 g/mol. The number of hydrogen-bond acceptors (Lipinski definition) is 4. The molecule has 0 aliphatic rings.